The summed E-state index contributed by atoms with van der Waals surface area (Å²) in [6.45, 7) is 6.68. The molecule has 1 aromatic carbocycles. The molecule has 0 spiro atoms. The summed E-state index contributed by atoms with van der Waals surface area (Å²) in [7, 11) is 0. The molecule has 0 aliphatic carbocycles. The summed E-state index contributed by atoms with van der Waals surface area (Å²) in [5, 5.41) is 9.03. The summed E-state index contributed by atoms with van der Waals surface area (Å²) in [6.07, 6.45) is 1.17. The second-order valence-electron chi connectivity index (χ2n) is 6.27. The van der Waals surface area contributed by atoms with Crippen molar-refractivity contribution in [1.82, 2.24) is 4.90 Å². The molecule has 128 valence electrons. The van der Waals surface area contributed by atoms with Crippen LogP contribution in [0.25, 0.3) is 0 Å². The lowest BCUT2D eigenvalue weighted by Crippen LogP contribution is -2.38. The Kier molecular flexibility index (Phi) is 7.81. The smallest absolute Gasteiger partial charge is 0.410 e. The average molecular weight is 433 g/mol. The van der Waals surface area contributed by atoms with Gasteiger partial charge in [-0.05, 0) is 51.3 Å². The van der Waals surface area contributed by atoms with E-state index < -0.39 is 11.6 Å². The standard InChI is InChI=1S/C17H24INO4/c1-17(2,3)23-16(22)19(10-5-9-18)11-8-13-6-4-7-14(12-13)15(20)21/h4,6-7,12H,5,8-11H2,1-3H3,(H,20,21). The van der Waals surface area contributed by atoms with Crippen LogP contribution in [0.4, 0.5) is 4.79 Å². The van der Waals surface area contributed by atoms with Crippen LogP contribution in [0.5, 0.6) is 0 Å². The first-order valence-corrected chi connectivity index (χ1v) is 9.11. The third-order valence-corrected chi connectivity index (χ3v) is 3.82. The lowest BCUT2D eigenvalue weighted by atomic mass is 10.1. The molecule has 1 amide bonds. The number of hydrogen-bond donors (Lipinski definition) is 1. The van der Waals surface area contributed by atoms with Gasteiger partial charge in [0.1, 0.15) is 5.60 Å². The number of hydrogen-bond acceptors (Lipinski definition) is 3. The van der Waals surface area contributed by atoms with Crippen LogP contribution in [0.1, 0.15) is 43.1 Å². The van der Waals surface area contributed by atoms with Gasteiger partial charge in [-0.25, -0.2) is 9.59 Å². The molecule has 0 bridgehead atoms. The zero-order valence-electron chi connectivity index (χ0n) is 13.8. The molecule has 5 nitrogen and oxygen atoms in total. The monoisotopic (exact) mass is 433 g/mol. The van der Waals surface area contributed by atoms with Crippen molar-refractivity contribution in [2.24, 2.45) is 0 Å². The van der Waals surface area contributed by atoms with Gasteiger partial charge in [0.15, 0.2) is 0 Å². The molecule has 0 radical (unpaired) electrons. The molecule has 0 heterocycles. The molecule has 1 aromatic rings. The molecule has 0 aliphatic rings. The van der Waals surface area contributed by atoms with E-state index in [0.717, 1.165) is 16.4 Å². The first-order chi connectivity index (χ1) is 10.7. The van der Waals surface area contributed by atoms with Crippen molar-refractivity contribution in [2.45, 2.75) is 39.2 Å². The predicted octanol–water partition coefficient (Wildman–Crippen LogP) is 3.99. The molecule has 0 fully saturated rings. The van der Waals surface area contributed by atoms with Crippen LogP contribution in [-0.4, -0.2) is 45.2 Å². The van der Waals surface area contributed by atoms with Gasteiger partial charge in [-0.3, -0.25) is 0 Å². The normalized spacial score (nSPS) is 11.1. The maximum atomic E-state index is 12.3. The maximum absolute atomic E-state index is 12.3. The number of rotatable bonds is 7. The quantitative estimate of drug-likeness (QED) is 0.522. The number of carboxylic acids is 1. The summed E-state index contributed by atoms with van der Waals surface area (Å²) in [5.41, 5.74) is 0.634. The Bertz CT molecular complexity index is 540. The Morgan fingerprint density at radius 1 is 1.26 bits per heavy atom. The van der Waals surface area contributed by atoms with E-state index in [9.17, 15) is 9.59 Å². The van der Waals surface area contributed by atoms with Crippen molar-refractivity contribution in [3.63, 3.8) is 0 Å². The van der Waals surface area contributed by atoms with Crippen molar-refractivity contribution >= 4 is 34.7 Å². The number of alkyl halides is 1. The Hall–Kier alpha value is -1.31. The molecule has 23 heavy (non-hydrogen) atoms. The number of amides is 1. The molecule has 0 saturated carbocycles. The molecule has 0 saturated heterocycles. The van der Waals surface area contributed by atoms with Gasteiger partial charge < -0.3 is 14.7 Å². The summed E-state index contributed by atoms with van der Waals surface area (Å²) >= 11 is 2.28. The Morgan fingerprint density at radius 3 is 2.52 bits per heavy atom. The number of carboxylic acid groups (broad SMARTS) is 1. The van der Waals surface area contributed by atoms with E-state index in [0.29, 0.717) is 19.5 Å². The highest BCUT2D eigenvalue weighted by Crippen LogP contribution is 2.12. The number of aromatic carboxylic acids is 1. The van der Waals surface area contributed by atoms with Crippen molar-refractivity contribution in [2.75, 3.05) is 17.5 Å². The van der Waals surface area contributed by atoms with Crippen LogP contribution in [0.3, 0.4) is 0 Å². The fourth-order valence-electron chi connectivity index (χ4n) is 2.00. The molecule has 1 rings (SSSR count). The van der Waals surface area contributed by atoms with E-state index in [4.69, 9.17) is 9.84 Å². The molecule has 0 aliphatic heterocycles. The van der Waals surface area contributed by atoms with Crippen molar-refractivity contribution in [3.05, 3.63) is 35.4 Å². The second-order valence-corrected chi connectivity index (χ2v) is 7.34. The number of benzene rings is 1. The van der Waals surface area contributed by atoms with Crippen LogP contribution < -0.4 is 0 Å². The molecular formula is C17H24INO4. The molecule has 6 heteroatoms. The molecular weight excluding hydrogens is 409 g/mol. The van der Waals surface area contributed by atoms with Crippen molar-refractivity contribution in [3.8, 4) is 0 Å². The fourth-order valence-corrected chi connectivity index (χ4v) is 2.34. The predicted molar refractivity (Wildman–Crippen MR) is 98.4 cm³/mol. The van der Waals surface area contributed by atoms with E-state index in [2.05, 4.69) is 22.6 Å². The van der Waals surface area contributed by atoms with E-state index >= 15 is 0 Å². The van der Waals surface area contributed by atoms with Crippen molar-refractivity contribution in [1.29, 1.82) is 0 Å². The van der Waals surface area contributed by atoms with Crippen molar-refractivity contribution < 1.29 is 19.4 Å². The van der Waals surface area contributed by atoms with E-state index in [-0.39, 0.29) is 11.7 Å². The molecule has 0 aromatic heterocycles. The molecule has 0 unspecified atom stereocenters. The van der Waals surface area contributed by atoms with Gasteiger partial charge in [0, 0.05) is 17.5 Å². The molecule has 0 atom stereocenters. The van der Waals surface area contributed by atoms with Gasteiger partial charge in [-0.1, -0.05) is 34.7 Å². The zero-order valence-corrected chi connectivity index (χ0v) is 16.0. The highest BCUT2D eigenvalue weighted by Gasteiger charge is 2.21. The minimum absolute atomic E-state index is 0.263. The SMILES string of the molecule is CC(C)(C)OC(=O)N(CCCI)CCc1cccc(C(=O)O)c1. The average Bonchev–Trinajstić information content (AvgIpc) is 2.45. The van der Waals surface area contributed by atoms with E-state index in [1.807, 2.05) is 26.8 Å². The maximum Gasteiger partial charge on any atom is 0.410 e. The Morgan fingerprint density at radius 2 is 1.96 bits per heavy atom. The number of carbonyl (C=O) groups is 2. The van der Waals surface area contributed by atoms with Gasteiger partial charge in [0.25, 0.3) is 0 Å². The first-order valence-electron chi connectivity index (χ1n) is 7.59. The number of nitrogens with zero attached hydrogens (tertiary/aromatic N) is 1. The van der Waals surface area contributed by atoms with Gasteiger partial charge in [0.2, 0.25) is 0 Å². The summed E-state index contributed by atoms with van der Waals surface area (Å²) in [6, 6.07) is 6.81. The van der Waals surface area contributed by atoms with Gasteiger partial charge >= 0.3 is 12.1 Å². The van der Waals surface area contributed by atoms with Crippen LogP contribution in [-0.2, 0) is 11.2 Å². The zero-order chi connectivity index (χ0) is 17.5. The Labute approximate surface area is 151 Å². The van der Waals surface area contributed by atoms with Crippen LogP contribution in [0.15, 0.2) is 24.3 Å². The highest BCUT2D eigenvalue weighted by atomic mass is 127. The molecule has 1 N–H and O–H groups in total. The topological polar surface area (TPSA) is 66.8 Å². The van der Waals surface area contributed by atoms with E-state index in [1.54, 1.807) is 23.1 Å². The van der Waals surface area contributed by atoms with Crippen LogP contribution in [0.2, 0.25) is 0 Å². The lowest BCUT2D eigenvalue weighted by molar-refractivity contribution is 0.0252. The van der Waals surface area contributed by atoms with Crippen LogP contribution >= 0.6 is 22.6 Å². The van der Waals surface area contributed by atoms with Crippen LogP contribution in [0, 0.1) is 0 Å². The van der Waals surface area contributed by atoms with Gasteiger partial charge in [-0.15, -0.1) is 0 Å². The third-order valence-electron chi connectivity index (χ3n) is 3.06. The lowest BCUT2D eigenvalue weighted by Gasteiger charge is -2.27. The summed E-state index contributed by atoms with van der Waals surface area (Å²) in [5.74, 6) is -0.944. The van der Waals surface area contributed by atoms with Gasteiger partial charge in [0.05, 0.1) is 5.56 Å². The summed E-state index contributed by atoms with van der Waals surface area (Å²) in [4.78, 5) is 25.0. The minimum Gasteiger partial charge on any atom is -0.478 e. The first kappa shape index (κ1) is 19.7. The largest absolute Gasteiger partial charge is 0.478 e. The fraction of sp³-hybridized carbons (Fsp3) is 0.529. The highest BCUT2D eigenvalue weighted by molar-refractivity contribution is 14.1. The number of halogens is 1. The number of carbonyl (C=O) groups excluding carboxylic acids is 1. The Balaban J connectivity index is 2.72. The number of ether oxygens (including phenoxy) is 1. The minimum atomic E-state index is -0.944. The summed E-state index contributed by atoms with van der Waals surface area (Å²) < 4.78 is 6.40. The third kappa shape index (κ3) is 7.67. The van der Waals surface area contributed by atoms with Gasteiger partial charge in [-0.2, -0.15) is 0 Å². The second kappa shape index (κ2) is 9.10. The van der Waals surface area contributed by atoms with E-state index in [1.165, 1.54) is 0 Å².